The average Bonchev–Trinajstić information content (AvgIpc) is 2.80. The summed E-state index contributed by atoms with van der Waals surface area (Å²) in [4.78, 5) is 0. The van der Waals surface area contributed by atoms with Crippen molar-refractivity contribution < 1.29 is 0 Å². The summed E-state index contributed by atoms with van der Waals surface area (Å²) in [5.41, 5.74) is 1.35. The fourth-order valence-electron chi connectivity index (χ4n) is 1.40. The van der Waals surface area contributed by atoms with Gasteiger partial charge in [-0.15, -0.1) is 0 Å². The van der Waals surface area contributed by atoms with Gasteiger partial charge in [0.15, 0.2) is 0 Å². The number of hydrogen-bond donors (Lipinski definition) is 0. The fraction of sp³-hybridized carbons (Fsp3) is 0.500. The summed E-state index contributed by atoms with van der Waals surface area (Å²) in [6.07, 6.45) is 7.74. The molecule has 0 bridgehead atoms. The molecule has 2 heteroatoms. The van der Waals surface area contributed by atoms with E-state index >= 15 is 0 Å². The lowest BCUT2D eigenvalue weighted by atomic mass is 10.2. The quantitative estimate of drug-likeness (QED) is 0.608. The van der Waals surface area contributed by atoms with Crippen molar-refractivity contribution in [1.29, 1.82) is 0 Å². The summed E-state index contributed by atoms with van der Waals surface area (Å²) in [5.74, 6) is 0.789. The summed E-state index contributed by atoms with van der Waals surface area (Å²) in [6, 6.07) is 4.01. The molecule has 12 heavy (non-hydrogen) atoms. The van der Waals surface area contributed by atoms with Gasteiger partial charge >= 0.3 is 0 Å². The van der Waals surface area contributed by atoms with Gasteiger partial charge in [0.2, 0.25) is 0 Å². The SMILES string of the molecule is CC/C(=N/n1cccc1)C1CC1. The van der Waals surface area contributed by atoms with Gasteiger partial charge in [-0.2, -0.15) is 5.10 Å². The van der Waals surface area contributed by atoms with E-state index in [9.17, 15) is 0 Å². The molecule has 0 unspecified atom stereocenters. The highest BCUT2D eigenvalue weighted by molar-refractivity contribution is 5.88. The number of rotatable bonds is 3. The molecule has 0 amide bonds. The number of nitrogens with zero attached hydrogens (tertiary/aromatic N) is 2. The largest absolute Gasteiger partial charge is 0.248 e. The van der Waals surface area contributed by atoms with Crippen LogP contribution in [0.3, 0.4) is 0 Å². The molecule has 1 aliphatic carbocycles. The Kier molecular flexibility index (Phi) is 1.98. The van der Waals surface area contributed by atoms with E-state index in [1.165, 1.54) is 18.6 Å². The zero-order chi connectivity index (χ0) is 8.39. The molecular formula is C10H14N2. The zero-order valence-electron chi connectivity index (χ0n) is 7.40. The third-order valence-corrected chi connectivity index (χ3v) is 2.24. The van der Waals surface area contributed by atoms with E-state index in [0.717, 1.165) is 12.3 Å². The topological polar surface area (TPSA) is 17.3 Å². The molecule has 1 aromatic heterocycles. The van der Waals surface area contributed by atoms with Gasteiger partial charge in [0.05, 0.1) is 0 Å². The Morgan fingerprint density at radius 1 is 1.42 bits per heavy atom. The van der Waals surface area contributed by atoms with Crippen molar-refractivity contribution in [1.82, 2.24) is 4.68 Å². The van der Waals surface area contributed by atoms with Crippen LogP contribution in [0.5, 0.6) is 0 Å². The maximum absolute atomic E-state index is 4.53. The minimum atomic E-state index is 0.789. The highest BCUT2D eigenvalue weighted by Crippen LogP contribution is 2.31. The van der Waals surface area contributed by atoms with E-state index in [0.29, 0.717) is 0 Å². The van der Waals surface area contributed by atoms with Crippen molar-refractivity contribution >= 4 is 5.71 Å². The van der Waals surface area contributed by atoms with Crippen LogP contribution in [0.2, 0.25) is 0 Å². The Hall–Kier alpha value is -1.05. The molecule has 1 aromatic rings. The first-order chi connectivity index (χ1) is 5.90. The molecule has 64 valence electrons. The smallest absolute Gasteiger partial charge is 0.0416 e. The molecule has 1 fully saturated rings. The highest BCUT2D eigenvalue weighted by Gasteiger charge is 2.26. The second-order valence-corrected chi connectivity index (χ2v) is 3.28. The van der Waals surface area contributed by atoms with Crippen LogP contribution in [0.15, 0.2) is 29.6 Å². The molecule has 2 nitrogen and oxygen atoms in total. The lowest BCUT2D eigenvalue weighted by Crippen LogP contribution is -2.01. The van der Waals surface area contributed by atoms with Crippen LogP contribution in [0.4, 0.5) is 0 Å². The minimum Gasteiger partial charge on any atom is -0.248 e. The van der Waals surface area contributed by atoms with Crippen molar-refractivity contribution in [3.63, 3.8) is 0 Å². The first-order valence-corrected chi connectivity index (χ1v) is 4.61. The van der Waals surface area contributed by atoms with Gasteiger partial charge in [0.25, 0.3) is 0 Å². The standard InChI is InChI=1S/C10H14N2/c1-2-10(9-5-6-9)11-12-7-3-4-8-12/h3-4,7-9H,2,5-6H2,1H3/b11-10-. The summed E-state index contributed by atoms with van der Waals surface area (Å²) < 4.78 is 1.90. The molecule has 0 saturated heterocycles. The Morgan fingerprint density at radius 2 is 2.08 bits per heavy atom. The Morgan fingerprint density at radius 3 is 2.58 bits per heavy atom. The van der Waals surface area contributed by atoms with E-state index in [-0.39, 0.29) is 0 Å². The maximum atomic E-state index is 4.53. The molecule has 1 aliphatic rings. The van der Waals surface area contributed by atoms with Crippen LogP contribution in [-0.4, -0.2) is 10.4 Å². The van der Waals surface area contributed by atoms with Crippen LogP contribution < -0.4 is 0 Å². The summed E-state index contributed by atoms with van der Waals surface area (Å²) >= 11 is 0. The van der Waals surface area contributed by atoms with Crippen molar-refractivity contribution in [2.24, 2.45) is 11.0 Å². The molecule has 0 spiro atoms. The van der Waals surface area contributed by atoms with Crippen LogP contribution >= 0.6 is 0 Å². The zero-order valence-corrected chi connectivity index (χ0v) is 7.40. The molecule has 0 atom stereocenters. The summed E-state index contributed by atoms with van der Waals surface area (Å²) in [7, 11) is 0. The van der Waals surface area contributed by atoms with E-state index in [1.54, 1.807) is 0 Å². The monoisotopic (exact) mass is 162 g/mol. The Labute approximate surface area is 72.9 Å². The molecule has 1 saturated carbocycles. The van der Waals surface area contributed by atoms with Crippen LogP contribution in [-0.2, 0) is 0 Å². The lowest BCUT2D eigenvalue weighted by molar-refractivity contribution is 0.860. The fourth-order valence-corrected chi connectivity index (χ4v) is 1.40. The highest BCUT2D eigenvalue weighted by atomic mass is 15.3. The first-order valence-electron chi connectivity index (χ1n) is 4.61. The summed E-state index contributed by atoms with van der Waals surface area (Å²) in [5, 5.41) is 4.53. The van der Waals surface area contributed by atoms with Gasteiger partial charge in [-0.3, -0.25) is 0 Å². The van der Waals surface area contributed by atoms with Crippen molar-refractivity contribution in [3.8, 4) is 0 Å². The molecule has 0 radical (unpaired) electrons. The van der Waals surface area contributed by atoms with Gasteiger partial charge in [-0.1, -0.05) is 6.92 Å². The number of hydrogen-bond acceptors (Lipinski definition) is 1. The van der Waals surface area contributed by atoms with Crippen LogP contribution in [0, 0.1) is 5.92 Å². The Bertz CT molecular complexity index is 268. The number of aromatic nitrogens is 1. The third-order valence-electron chi connectivity index (χ3n) is 2.24. The molecule has 0 aliphatic heterocycles. The van der Waals surface area contributed by atoms with E-state index in [1.807, 2.05) is 29.2 Å². The van der Waals surface area contributed by atoms with Crippen molar-refractivity contribution in [2.75, 3.05) is 0 Å². The lowest BCUT2D eigenvalue weighted by Gasteiger charge is -2.00. The van der Waals surface area contributed by atoms with E-state index < -0.39 is 0 Å². The first kappa shape index (κ1) is 7.59. The average molecular weight is 162 g/mol. The van der Waals surface area contributed by atoms with E-state index in [4.69, 9.17) is 0 Å². The molecular weight excluding hydrogens is 148 g/mol. The van der Waals surface area contributed by atoms with Gasteiger partial charge in [0, 0.05) is 18.1 Å². The third kappa shape index (κ3) is 1.58. The van der Waals surface area contributed by atoms with Crippen LogP contribution in [0.1, 0.15) is 26.2 Å². The van der Waals surface area contributed by atoms with Gasteiger partial charge in [-0.05, 0) is 37.3 Å². The van der Waals surface area contributed by atoms with E-state index in [2.05, 4.69) is 12.0 Å². The maximum Gasteiger partial charge on any atom is 0.0416 e. The van der Waals surface area contributed by atoms with Crippen molar-refractivity contribution in [3.05, 3.63) is 24.5 Å². The summed E-state index contributed by atoms with van der Waals surface area (Å²) in [6.45, 7) is 2.18. The predicted octanol–water partition coefficient (Wildman–Crippen LogP) is 2.51. The molecule has 0 aromatic carbocycles. The minimum absolute atomic E-state index is 0.789. The van der Waals surface area contributed by atoms with Gasteiger partial charge < -0.3 is 0 Å². The molecule has 1 heterocycles. The predicted molar refractivity (Wildman–Crippen MR) is 50.3 cm³/mol. The second kappa shape index (κ2) is 3.13. The second-order valence-electron chi connectivity index (χ2n) is 3.28. The Balaban J connectivity index is 2.14. The van der Waals surface area contributed by atoms with Crippen molar-refractivity contribution in [2.45, 2.75) is 26.2 Å². The van der Waals surface area contributed by atoms with Gasteiger partial charge in [0.1, 0.15) is 0 Å². The molecule has 2 rings (SSSR count). The van der Waals surface area contributed by atoms with Crippen LogP contribution in [0.25, 0.3) is 0 Å². The molecule has 0 N–H and O–H groups in total. The van der Waals surface area contributed by atoms with Gasteiger partial charge in [-0.25, -0.2) is 4.68 Å². The normalized spacial score (nSPS) is 18.2.